The van der Waals surface area contributed by atoms with Crippen molar-refractivity contribution in [1.29, 1.82) is 0 Å². The van der Waals surface area contributed by atoms with Gasteiger partial charge in [0, 0.05) is 5.56 Å². The van der Waals surface area contributed by atoms with Crippen molar-refractivity contribution in [3.63, 3.8) is 0 Å². The Hall–Kier alpha value is -3.15. The molecule has 1 aliphatic rings. The van der Waals surface area contributed by atoms with E-state index in [0.29, 0.717) is 5.75 Å². The van der Waals surface area contributed by atoms with Crippen LogP contribution >= 0.6 is 0 Å². The summed E-state index contributed by atoms with van der Waals surface area (Å²) in [7, 11) is 0. The zero-order chi connectivity index (χ0) is 23.7. The number of fused-ring (bicyclic) bond motifs is 1. The fraction of sp³-hybridized carbons (Fsp3) is 0.423. The van der Waals surface area contributed by atoms with Crippen LogP contribution in [-0.4, -0.2) is 24.3 Å². The largest absolute Gasteiger partial charge is 0.483 e. The maximum Gasteiger partial charge on any atom is 0.283 e. The van der Waals surface area contributed by atoms with Crippen molar-refractivity contribution in [2.75, 3.05) is 11.9 Å². The molecule has 0 unspecified atom stereocenters. The Morgan fingerprint density at radius 2 is 1.66 bits per heavy atom. The number of benzene rings is 2. The molecule has 0 saturated carbocycles. The second-order valence-electron chi connectivity index (χ2n) is 9.47. The molecule has 6 nitrogen and oxygen atoms in total. The van der Waals surface area contributed by atoms with E-state index in [4.69, 9.17) is 4.74 Å². The predicted molar refractivity (Wildman–Crippen MR) is 124 cm³/mol. The molecule has 0 saturated heterocycles. The molecular formula is C26H31N2O4. The molecule has 1 radical (unpaired) electrons. The van der Waals surface area contributed by atoms with Gasteiger partial charge >= 0.3 is 0 Å². The molecule has 0 aliphatic carbocycles. The minimum Gasteiger partial charge on any atom is -0.483 e. The standard InChI is InChI=1S/C26H31N2O4/c1-7-25(3,4)16-12-13-20(18(14-16)26(5,6)8-2)32-15-21(29)27-19-11-9-10-17-22(19)24(31)28-23(17)30/h9-14H,7-8,15H2,1-6H3,(H,27,29). The average Bonchev–Trinajstić information content (AvgIpc) is 3.06. The molecule has 0 bridgehead atoms. The Morgan fingerprint density at radius 1 is 0.969 bits per heavy atom. The summed E-state index contributed by atoms with van der Waals surface area (Å²) in [6, 6.07) is 10.9. The fourth-order valence-electron chi connectivity index (χ4n) is 3.60. The van der Waals surface area contributed by atoms with Crippen LogP contribution in [0.1, 0.15) is 86.2 Å². The molecule has 1 heterocycles. The van der Waals surface area contributed by atoms with Gasteiger partial charge in [-0.3, -0.25) is 14.4 Å². The van der Waals surface area contributed by atoms with E-state index in [2.05, 4.69) is 64.3 Å². The number of nitrogens with zero attached hydrogens (tertiary/aromatic N) is 1. The minimum absolute atomic E-state index is 0.0389. The van der Waals surface area contributed by atoms with Crippen molar-refractivity contribution in [2.24, 2.45) is 0 Å². The van der Waals surface area contributed by atoms with Crippen LogP contribution in [0.2, 0.25) is 0 Å². The molecule has 6 heteroatoms. The molecule has 2 aromatic rings. The van der Waals surface area contributed by atoms with Crippen LogP contribution in [0.5, 0.6) is 5.75 Å². The van der Waals surface area contributed by atoms with Crippen LogP contribution in [0.4, 0.5) is 5.69 Å². The smallest absolute Gasteiger partial charge is 0.283 e. The third-order valence-electron chi connectivity index (χ3n) is 6.60. The van der Waals surface area contributed by atoms with Gasteiger partial charge < -0.3 is 10.1 Å². The zero-order valence-electron chi connectivity index (χ0n) is 19.7. The van der Waals surface area contributed by atoms with Crippen LogP contribution in [0.3, 0.4) is 0 Å². The molecule has 0 aromatic heterocycles. The first-order valence-electron chi connectivity index (χ1n) is 11.0. The lowest BCUT2D eigenvalue weighted by Crippen LogP contribution is -2.24. The van der Waals surface area contributed by atoms with Crippen LogP contribution in [0.15, 0.2) is 36.4 Å². The van der Waals surface area contributed by atoms with E-state index in [9.17, 15) is 14.4 Å². The van der Waals surface area contributed by atoms with E-state index in [0.717, 1.165) is 18.4 Å². The monoisotopic (exact) mass is 435 g/mol. The van der Waals surface area contributed by atoms with Crippen molar-refractivity contribution in [3.8, 4) is 5.75 Å². The number of ether oxygens (including phenoxy) is 1. The van der Waals surface area contributed by atoms with Gasteiger partial charge in [-0.05, 0) is 47.4 Å². The third-order valence-corrected chi connectivity index (χ3v) is 6.60. The van der Waals surface area contributed by atoms with Gasteiger partial charge in [-0.2, -0.15) is 5.32 Å². The first kappa shape index (κ1) is 23.5. The number of carbonyl (C=O) groups excluding carboxylic acids is 3. The number of amides is 3. The topological polar surface area (TPSA) is 86.6 Å². The predicted octanol–water partition coefficient (Wildman–Crippen LogP) is 4.98. The Kier molecular flexibility index (Phi) is 6.44. The van der Waals surface area contributed by atoms with Gasteiger partial charge in [0.25, 0.3) is 17.7 Å². The average molecular weight is 436 g/mol. The maximum atomic E-state index is 12.6. The summed E-state index contributed by atoms with van der Waals surface area (Å²) >= 11 is 0. The molecule has 1 N–H and O–H groups in total. The summed E-state index contributed by atoms with van der Waals surface area (Å²) in [6.07, 6.45) is 1.93. The second kappa shape index (κ2) is 8.77. The Balaban J connectivity index is 1.81. The number of carbonyl (C=O) groups is 3. The van der Waals surface area contributed by atoms with E-state index in [1.54, 1.807) is 12.1 Å². The number of hydrogen-bond donors (Lipinski definition) is 1. The third kappa shape index (κ3) is 4.54. The number of rotatable bonds is 8. The molecule has 0 spiro atoms. The maximum absolute atomic E-state index is 12.6. The lowest BCUT2D eigenvalue weighted by atomic mass is 9.76. The highest BCUT2D eigenvalue weighted by atomic mass is 16.5. The number of nitrogens with one attached hydrogen (secondary N) is 1. The zero-order valence-corrected chi connectivity index (χ0v) is 19.7. The van der Waals surface area contributed by atoms with Crippen molar-refractivity contribution < 1.29 is 19.1 Å². The first-order chi connectivity index (χ1) is 15.0. The van der Waals surface area contributed by atoms with Gasteiger partial charge in [-0.1, -0.05) is 59.7 Å². The molecule has 169 valence electrons. The van der Waals surface area contributed by atoms with Crippen LogP contribution in [-0.2, 0) is 15.6 Å². The van der Waals surface area contributed by atoms with Crippen molar-refractivity contribution in [1.82, 2.24) is 5.32 Å². The van der Waals surface area contributed by atoms with Gasteiger partial charge in [0.2, 0.25) is 0 Å². The molecular weight excluding hydrogens is 404 g/mol. The molecule has 0 fully saturated rings. The van der Waals surface area contributed by atoms with Crippen LogP contribution in [0.25, 0.3) is 0 Å². The highest BCUT2D eigenvalue weighted by molar-refractivity contribution is 6.24. The molecule has 32 heavy (non-hydrogen) atoms. The number of hydrogen-bond acceptors (Lipinski definition) is 4. The minimum atomic E-state index is -0.636. The van der Waals surface area contributed by atoms with E-state index in [-0.39, 0.29) is 34.3 Å². The summed E-state index contributed by atoms with van der Waals surface area (Å²) in [5.74, 6) is -0.965. The van der Waals surface area contributed by atoms with Gasteiger partial charge in [-0.25, -0.2) is 0 Å². The quantitative estimate of drug-likeness (QED) is 0.593. The van der Waals surface area contributed by atoms with E-state index >= 15 is 0 Å². The van der Waals surface area contributed by atoms with E-state index in [1.807, 2.05) is 6.07 Å². The molecule has 1 aliphatic heterocycles. The summed E-state index contributed by atoms with van der Waals surface area (Å²) in [5.41, 5.74) is 2.81. The summed E-state index contributed by atoms with van der Waals surface area (Å²) in [6.45, 7) is 12.9. The molecule has 2 aromatic carbocycles. The van der Waals surface area contributed by atoms with Gasteiger partial charge in [0.05, 0.1) is 16.8 Å². The highest BCUT2D eigenvalue weighted by Crippen LogP contribution is 2.38. The van der Waals surface area contributed by atoms with Gasteiger partial charge in [-0.15, -0.1) is 0 Å². The highest BCUT2D eigenvalue weighted by Gasteiger charge is 2.32. The number of anilines is 1. The molecule has 3 rings (SSSR count). The summed E-state index contributed by atoms with van der Waals surface area (Å²) in [4.78, 5) is 36.4. The lowest BCUT2D eigenvalue weighted by Gasteiger charge is -2.30. The van der Waals surface area contributed by atoms with Crippen LogP contribution < -0.4 is 15.4 Å². The summed E-state index contributed by atoms with van der Waals surface area (Å²) in [5, 5.41) is 6.12. The molecule has 3 amide bonds. The van der Waals surface area contributed by atoms with E-state index in [1.165, 1.54) is 11.6 Å². The lowest BCUT2D eigenvalue weighted by molar-refractivity contribution is -0.118. The van der Waals surface area contributed by atoms with Crippen LogP contribution in [0, 0.1) is 0 Å². The summed E-state index contributed by atoms with van der Waals surface area (Å²) < 4.78 is 5.94. The van der Waals surface area contributed by atoms with E-state index < -0.39 is 17.7 Å². The number of imide groups is 1. The fourth-order valence-corrected chi connectivity index (χ4v) is 3.60. The Bertz CT molecular complexity index is 1070. The normalized spacial score (nSPS) is 13.6. The van der Waals surface area contributed by atoms with Gasteiger partial charge in [0.15, 0.2) is 6.61 Å². The first-order valence-corrected chi connectivity index (χ1v) is 11.0. The molecule has 0 atom stereocenters. The van der Waals surface area contributed by atoms with Crippen molar-refractivity contribution >= 4 is 23.4 Å². The Labute approximate surface area is 189 Å². The second-order valence-corrected chi connectivity index (χ2v) is 9.47. The van der Waals surface area contributed by atoms with Crippen molar-refractivity contribution in [3.05, 3.63) is 58.7 Å². The van der Waals surface area contributed by atoms with Crippen molar-refractivity contribution in [2.45, 2.75) is 65.2 Å². The SMILES string of the molecule is CCC(C)(C)c1ccc(OCC(=O)Nc2cccc3c2C(=O)[N]C3=O)c(C(C)(C)CC)c1. The van der Waals surface area contributed by atoms with Gasteiger partial charge in [0.1, 0.15) is 5.75 Å². The Morgan fingerprint density at radius 3 is 2.31 bits per heavy atom.